The molecule has 0 aromatic rings. The van der Waals surface area contributed by atoms with E-state index in [1.807, 2.05) is 0 Å². The molecule has 296 valence electrons. The van der Waals surface area contributed by atoms with Crippen LogP contribution in [0.3, 0.4) is 0 Å². The van der Waals surface area contributed by atoms with Crippen molar-refractivity contribution < 1.29 is 19.4 Å². The Labute approximate surface area is 313 Å². The van der Waals surface area contributed by atoms with Crippen LogP contribution in [0, 0.1) is 0 Å². The molecule has 0 aliphatic rings. The molecule has 0 saturated heterocycles. The zero-order chi connectivity index (χ0) is 36.3. The number of hydrogen-bond donors (Lipinski definition) is 1. The molecular weight excluding hydrogens is 617 g/mol. The normalized spacial score (nSPS) is 12.5. The van der Waals surface area contributed by atoms with Crippen LogP contribution in [0.1, 0.15) is 239 Å². The van der Waals surface area contributed by atoms with E-state index in [9.17, 15) is 9.90 Å². The fourth-order valence-corrected chi connectivity index (χ4v) is 6.66. The van der Waals surface area contributed by atoms with Gasteiger partial charge in [0.1, 0.15) is 6.10 Å². The van der Waals surface area contributed by atoms with Gasteiger partial charge >= 0.3 is 5.97 Å². The predicted molar refractivity (Wildman–Crippen MR) is 219 cm³/mol. The van der Waals surface area contributed by atoms with E-state index in [-0.39, 0.29) is 12.6 Å². The van der Waals surface area contributed by atoms with Gasteiger partial charge in [0.05, 0.1) is 13.2 Å². The van der Waals surface area contributed by atoms with E-state index in [1.165, 1.54) is 180 Å². The molecule has 0 radical (unpaired) electrons. The van der Waals surface area contributed by atoms with Crippen LogP contribution in [0.2, 0.25) is 0 Å². The third kappa shape index (κ3) is 41.3. The Hall–Kier alpha value is -1.13. The molecule has 0 bridgehead atoms. The Bertz CT molecular complexity index is 702. The fourth-order valence-electron chi connectivity index (χ4n) is 6.66. The maximum Gasteiger partial charge on any atom is 0.306 e. The number of esters is 1. The van der Waals surface area contributed by atoms with E-state index < -0.39 is 6.10 Å². The quantitative estimate of drug-likeness (QED) is 0.0390. The Morgan fingerprint density at radius 2 is 0.880 bits per heavy atom. The molecular formula is C46H88O4. The lowest BCUT2D eigenvalue weighted by molar-refractivity contribution is -0.154. The van der Waals surface area contributed by atoms with Crippen LogP contribution >= 0.6 is 0 Å². The molecule has 1 unspecified atom stereocenters. The highest BCUT2D eigenvalue weighted by Crippen LogP contribution is 2.16. The lowest BCUT2D eigenvalue weighted by Crippen LogP contribution is -2.27. The summed E-state index contributed by atoms with van der Waals surface area (Å²) < 4.78 is 11.2. The van der Waals surface area contributed by atoms with Gasteiger partial charge in [-0.1, -0.05) is 218 Å². The molecule has 0 aliphatic heterocycles. The summed E-state index contributed by atoms with van der Waals surface area (Å²) in [6.45, 7) is 5.30. The van der Waals surface area contributed by atoms with Gasteiger partial charge in [0.15, 0.2) is 0 Å². The summed E-state index contributed by atoms with van der Waals surface area (Å²) in [6.07, 6.45) is 54.0. The number of ether oxygens (including phenoxy) is 2. The maximum absolute atomic E-state index is 12.2. The van der Waals surface area contributed by atoms with Gasteiger partial charge in [0.25, 0.3) is 0 Å². The molecule has 50 heavy (non-hydrogen) atoms. The summed E-state index contributed by atoms with van der Waals surface area (Å²) in [5.74, 6) is -0.211. The van der Waals surface area contributed by atoms with Crippen LogP contribution in [-0.4, -0.2) is 37.0 Å². The average Bonchev–Trinajstić information content (AvgIpc) is 3.12. The number of carbonyl (C=O) groups is 1. The van der Waals surface area contributed by atoms with Crippen molar-refractivity contribution >= 4 is 5.97 Å². The molecule has 0 amide bonds. The van der Waals surface area contributed by atoms with Crippen molar-refractivity contribution in [3.05, 3.63) is 24.3 Å². The number of aliphatic hydroxyl groups is 1. The van der Waals surface area contributed by atoms with E-state index in [2.05, 4.69) is 38.2 Å². The summed E-state index contributed by atoms with van der Waals surface area (Å²) in [5.41, 5.74) is 0. The van der Waals surface area contributed by atoms with E-state index >= 15 is 0 Å². The summed E-state index contributed by atoms with van der Waals surface area (Å²) in [5, 5.41) is 9.59. The molecule has 0 fully saturated rings. The smallest absolute Gasteiger partial charge is 0.306 e. The Kier molecular flexibility index (Phi) is 43.0. The number of carbonyl (C=O) groups excluding carboxylic acids is 1. The van der Waals surface area contributed by atoms with E-state index in [0.29, 0.717) is 19.6 Å². The van der Waals surface area contributed by atoms with Crippen LogP contribution in [0.4, 0.5) is 0 Å². The molecule has 0 rings (SSSR count). The highest BCUT2D eigenvalue weighted by Gasteiger charge is 2.13. The third-order valence-electron chi connectivity index (χ3n) is 10.0. The largest absolute Gasteiger partial charge is 0.457 e. The Balaban J connectivity index is 3.34. The van der Waals surface area contributed by atoms with Gasteiger partial charge < -0.3 is 14.6 Å². The minimum Gasteiger partial charge on any atom is -0.457 e. The van der Waals surface area contributed by atoms with Gasteiger partial charge in [-0.3, -0.25) is 4.79 Å². The molecule has 0 saturated carbocycles. The van der Waals surface area contributed by atoms with Crippen molar-refractivity contribution in [1.82, 2.24) is 0 Å². The zero-order valence-electron chi connectivity index (χ0n) is 33.9. The molecule has 0 spiro atoms. The summed E-state index contributed by atoms with van der Waals surface area (Å²) in [4.78, 5) is 12.2. The van der Waals surface area contributed by atoms with Crippen LogP contribution in [0.25, 0.3) is 0 Å². The molecule has 0 aromatic heterocycles. The van der Waals surface area contributed by atoms with Crippen molar-refractivity contribution in [3.63, 3.8) is 0 Å². The fraction of sp³-hybridized carbons (Fsp3) is 0.891. The number of hydrogen-bond acceptors (Lipinski definition) is 4. The van der Waals surface area contributed by atoms with Gasteiger partial charge in [-0.05, 0) is 38.5 Å². The Morgan fingerprint density at radius 3 is 1.32 bits per heavy atom. The van der Waals surface area contributed by atoms with Crippen molar-refractivity contribution in [2.75, 3.05) is 19.8 Å². The summed E-state index contributed by atoms with van der Waals surface area (Å²) in [7, 11) is 0. The number of unbranched alkanes of at least 4 members (excludes halogenated alkanes) is 30. The molecule has 4 nitrogen and oxygen atoms in total. The van der Waals surface area contributed by atoms with Crippen LogP contribution in [0.5, 0.6) is 0 Å². The van der Waals surface area contributed by atoms with E-state index in [4.69, 9.17) is 9.47 Å². The van der Waals surface area contributed by atoms with Crippen molar-refractivity contribution in [2.45, 2.75) is 245 Å². The molecule has 0 aliphatic carbocycles. The van der Waals surface area contributed by atoms with Gasteiger partial charge in [0.2, 0.25) is 0 Å². The van der Waals surface area contributed by atoms with Crippen molar-refractivity contribution in [2.24, 2.45) is 0 Å². The van der Waals surface area contributed by atoms with Crippen molar-refractivity contribution in [3.8, 4) is 0 Å². The zero-order valence-corrected chi connectivity index (χ0v) is 33.9. The Morgan fingerprint density at radius 1 is 0.480 bits per heavy atom. The lowest BCUT2D eigenvalue weighted by Gasteiger charge is -2.15. The highest BCUT2D eigenvalue weighted by atomic mass is 16.6. The standard InChI is InChI=1S/C46H88O4/c1-3-5-7-9-11-13-15-17-18-19-20-21-22-23-24-25-26-27-28-30-32-34-36-38-40-42-49-44-45(43-47)50-46(48)41-39-37-35-33-31-29-16-14-12-10-8-6-4-2/h8,10,14,16,45,47H,3-7,9,11-13,15,17-44H2,1-2H3/b10-8-,16-14-. The predicted octanol–water partition coefficient (Wildman–Crippen LogP) is 14.7. The first-order chi connectivity index (χ1) is 24.7. The minimum absolute atomic E-state index is 0.173. The summed E-state index contributed by atoms with van der Waals surface area (Å²) in [6, 6.07) is 0. The molecule has 0 heterocycles. The second-order valence-corrected chi connectivity index (χ2v) is 15.1. The first-order valence-electron chi connectivity index (χ1n) is 22.4. The summed E-state index contributed by atoms with van der Waals surface area (Å²) >= 11 is 0. The van der Waals surface area contributed by atoms with Crippen molar-refractivity contribution in [1.29, 1.82) is 0 Å². The van der Waals surface area contributed by atoms with Crippen LogP contribution in [-0.2, 0) is 14.3 Å². The minimum atomic E-state index is -0.537. The molecule has 4 heteroatoms. The van der Waals surface area contributed by atoms with Gasteiger partial charge in [-0.25, -0.2) is 0 Å². The second-order valence-electron chi connectivity index (χ2n) is 15.1. The van der Waals surface area contributed by atoms with Gasteiger partial charge in [-0.2, -0.15) is 0 Å². The maximum atomic E-state index is 12.2. The second kappa shape index (κ2) is 44.0. The molecule has 1 N–H and O–H groups in total. The first kappa shape index (κ1) is 48.9. The van der Waals surface area contributed by atoms with E-state index in [1.54, 1.807) is 0 Å². The third-order valence-corrected chi connectivity index (χ3v) is 10.0. The molecule has 0 aromatic carbocycles. The van der Waals surface area contributed by atoms with E-state index in [0.717, 1.165) is 38.5 Å². The first-order valence-corrected chi connectivity index (χ1v) is 22.4. The number of aliphatic hydroxyl groups excluding tert-OH is 1. The number of rotatable bonds is 42. The average molecular weight is 705 g/mol. The van der Waals surface area contributed by atoms with Crippen LogP contribution in [0.15, 0.2) is 24.3 Å². The van der Waals surface area contributed by atoms with Gasteiger partial charge in [0, 0.05) is 13.0 Å². The SMILES string of the molecule is CCC/C=C\C/C=C\CCCCCCCC(=O)OC(CO)COCCCCCCCCCCCCCCCCCCCCCCCCCCC. The monoisotopic (exact) mass is 705 g/mol. The lowest BCUT2D eigenvalue weighted by atomic mass is 10.0. The number of allylic oxidation sites excluding steroid dienone is 4. The highest BCUT2D eigenvalue weighted by molar-refractivity contribution is 5.69. The topological polar surface area (TPSA) is 55.8 Å². The molecule has 1 atom stereocenters. The van der Waals surface area contributed by atoms with Crippen LogP contribution < -0.4 is 0 Å². The van der Waals surface area contributed by atoms with Gasteiger partial charge in [-0.15, -0.1) is 0 Å².